The van der Waals surface area contributed by atoms with Crippen LogP contribution in [0.3, 0.4) is 0 Å². The molecule has 0 aliphatic carbocycles. The molecule has 3 N–H and O–H groups in total. The van der Waals surface area contributed by atoms with Gasteiger partial charge in [-0.25, -0.2) is 0 Å². The molecule has 0 radical (unpaired) electrons. The lowest BCUT2D eigenvalue weighted by Crippen LogP contribution is -2.30. The molecule has 21 heavy (non-hydrogen) atoms. The van der Waals surface area contributed by atoms with Gasteiger partial charge in [-0.3, -0.25) is 11.3 Å². The van der Waals surface area contributed by atoms with Gasteiger partial charge in [0.25, 0.3) is 0 Å². The average molecular weight is 303 g/mol. The molecular formula is C18H23ClN2. The Balaban J connectivity index is 2.38. The Labute approximate surface area is 132 Å². The highest BCUT2D eigenvalue weighted by Gasteiger charge is 2.16. The summed E-state index contributed by atoms with van der Waals surface area (Å²) in [5.74, 6) is 5.81. The van der Waals surface area contributed by atoms with Gasteiger partial charge in [0.05, 0.1) is 6.04 Å². The molecule has 2 aromatic rings. The number of hydrazine groups is 1. The van der Waals surface area contributed by atoms with Crippen molar-refractivity contribution in [2.24, 2.45) is 5.84 Å². The molecule has 0 aliphatic heterocycles. The second-order valence-corrected chi connectivity index (χ2v) is 6.16. The number of benzene rings is 2. The summed E-state index contributed by atoms with van der Waals surface area (Å²) in [5.41, 5.74) is 10.5. The van der Waals surface area contributed by atoms with Crippen LogP contribution in [0.2, 0.25) is 5.02 Å². The SMILES string of the molecule is Cc1cc(C)c(CC(NN)c2cccc(Cl)c2C)c(C)c1. The van der Waals surface area contributed by atoms with Crippen molar-refractivity contribution >= 4 is 11.6 Å². The molecule has 0 bridgehead atoms. The highest BCUT2D eigenvalue weighted by atomic mass is 35.5. The second-order valence-electron chi connectivity index (χ2n) is 5.75. The second kappa shape index (κ2) is 6.61. The Bertz CT molecular complexity index is 627. The molecule has 0 heterocycles. The fourth-order valence-electron chi connectivity index (χ4n) is 3.00. The van der Waals surface area contributed by atoms with Gasteiger partial charge < -0.3 is 0 Å². The first-order valence-corrected chi connectivity index (χ1v) is 7.59. The highest BCUT2D eigenvalue weighted by Crippen LogP contribution is 2.28. The molecule has 112 valence electrons. The molecule has 2 rings (SSSR count). The molecule has 0 saturated carbocycles. The van der Waals surface area contributed by atoms with E-state index in [4.69, 9.17) is 17.4 Å². The van der Waals surface area contributed by atoms with E-state index >= 15 is 0 Å². The minimum Gasteiger partial charge on any atom is -0.271 e. The van der Waals surface area contributed by atoms with Gasteiger partial charge in [0.15, 0.2) is 0 Å². The molecule has 0 aromatic heterocycles. The summed E-state index contributed by atoms with van der Waals surface area (Å²) < 4.78 is 0. The van der Waals surface area contributed by atoms with E-state index in [1.807, 2.05) is 19.1 Å². The third-order valence-electron chi connectivity index (χ3n) is 4.13. The minimum atomic E-state index is 0.0591. The summed E-state index contributed by atoms with van der Waals surface area (Å²) in [6.45, 7) is 8.49. The maximum Gasteiger partial charge on any atom is 0.0503 e. The summed E-state index contributed by atoms with van der Waals surface area (Å²) in [7, 11) is 0. The largest absolute Gasteiger partial charge is 0.271 e. The average Bonchev–Trinajstić information content (AvgIpc) is 2.42. The van der Waals surface area contributed by atoms with E-state index in [0.717, 1.165) is 22.6 Å². The fraction of sp³-hybridized carbons (Fsp3) is 0.333. The number of nitrogens with one attached hydrogen (secondary N) is 1. The van der Waals surface area contributed by atoms with Crippen LogP contribution in [0, 0.1) is 27.7 Å². The zero-order valence-corrected chi connectivity index (χ0v) is 13.9. The van der Waals surface area contributed by atoms with Crippen molar-refractivity contribution in [2.75, 3.05) is 0 Å². The molecular weight excluding hydrogens is 280 g/mol. The molecule has 0 amide bonds. The number of rotatable bonds is 4. The van der Waals surface area contributed by atoms with Crippen LogP contribution in [0.5, 0.6) is 0 Å². The standard InChI is InChI=1S/C18H23ClN2/c1-11-8-12(2)16(13(3)9-11)10-18(21-20)15-6-5-7-17(19)14(15)4/h5-9,18,21H,10,20H2,1-4H3. The third kappa shape index (κ3) is 3.46. The van der Waals surface area contributed by atoms with Gasteiger partial charge in [-0.1, -0.05) is 41.4 Å². The summed E-state index contributed by atoms with van der Waals surface area (Å²) in [5, 5.41) is 0.783. The first kappa shape index (κ1) is 16.0. The number of nitrogens with two attached hydrogens (primary N) is 1. The molecule has 0 aliphatic rings. The first-order chi connectivity index (χ1) is 9.93. The molecule has 0 spiro atoms. The third-order valence-corrected chi connectivity index (χ3v) is 4.54. The lowest BCUT2D eigenvalue weighted by molar-refractivity contribution is 0.547. The fourth-order valence-corrected chi connectivity index (χ4v) is 3.18. The molecule has 1 atom stereocenters. The molecule has 3 heteroatoms. The monoisotopic (exact) mass is 302 g/mol. The number of aryl methyl sites for hydroxylation is 3. The maximum absolute atomic E-state index is 6.23. The van der Waals surface area contributed by atoms with Crippen molar-refractivity contribution in [1.82, 2.24) is 5.43 Å². The van der Waals surface area contributed by atoms with Gasteiger partial charge in [-0.15, -0.1) is 0 Å². The quantitative estimate of drug-likeness (QED) is 0.652. The summed E-state index contributed by atoms with van der Waals surface area (Å²) >= 11 is 6.23. The summed E-state index contributed by atoms with van der Waals surface area (Å²) in [4.78, 5) is 0. The lowest BCUT2D eigenvalue weighted by Gasteiger charge is -2.22. The Morgan fingerprint density at radius 1 is 1.10 bits per heavy atom. The predicted octanol–water partition coefficient (Wildman–Crippen LogP) is 4.32. The first-order valence-electron chi connectivity index (χ1n) is 7.22. The van der Waals surface area contributed by atoms with Gasteiger partial charge in [-0.2, -0.15) is 0 Å². The molecule has 0 saturated heterocycles. The van der Waals surface area contributed by atoms with E-state index in [1.54, 1.807) is 0 Å². The van der Waals surface area contributed by atoms with Crippen molar-refractivity contribution in [3.8, 4) is 0 Å². The number of hydrogen-bond donors (Lipinski definition) is 2. The highest BCUT2D eigenvalue weighted by molar-refractivity contribution is 6.31. The van der Waals surface area contributed by atoms with E-state index in [9.17, 15) is 0 Å². The van der Waals surface area contributed by atoms with Gasteiger partial charge in [0.1, 0.15) is 0 Å². The molecule has 2 aromatic carbocycles. The van der Waals surface area contributed by atoms with Gasteiger partial charge in [0.2, 0.25) is 0 Å². The maximum atomic E-state index is 6.23. The van der Waals surface area contributed by atoms with Gasteiger partial charge >= 0.3 is 0 Å². The topological polar surface area (TPSA) is 38.0 Å². The molecule has 0 fully saturated rings. The van der Waals surface area contributed by atoms with Crippen LogP contribution in [0.1, 0.15) is 39.4 Å². The normalized spacial score (nSPS) is 12.5. The smallest absolute Gasteiger partial charge is 0.0503 e. The van der Waals surface area contributed by atoms with Crippen LogP contribution in [-0.2, 0) is 6.42 Å². The van der Waals surface area contributed by atoms with Crippen LogP contribution in [-0.4, -0.2) is 0 Å². The van der Waals surface area contributed by atoms with Gasteiger partial charge in [0, 0.05) is 5.02 Å². The predicted molar refractivity (Wildman–Crippen MR) is 90.6 cm³/mol. The molecule has 1 unspecified atom stereocenters. The van der Waals surface area contributed by atoms with Crippen molar-refractivity contribution in [3.63, 3.8) is 0 Å². The van der Waals surface area contributed by atoms with Crippen molar-refractivity contribution < 1.29 is 0 Å². The Kier molecular flexibility index (Phi) is 5.04. The van der Waals surface area contributed by atoms with E-state index in [2.05, 4.69) is 44.4 Å². The summed E-state index contributed by atoms with van der Waals surface area (Å²) in [6.07, 6.45) is 0.857. The zero-order chi connectivity index (χ0) is 15.6. The van der Waals surface area contributed by atoms with E-state index in [0.29, 0.717) is 0 Å². The van der Waals surface area contributed by atoms with Crippen LogP contribution in [0.25, 0.3) is 0 Å². The van der Waals surface area contributed by atoms with E-state index in [1.165, 1.54) is 22.3 Å². The van der Waals surface area contributed by atoms with Crippen LogP contribution in [0.15, 0.2) is 30.3 Å². The Morgan fingerprint density at radius 2 is 1.71 bits per heavy atom. The van der Waals surface area contributed by atoms with Gasteiger partial charge in [-0.05, 0) is 68.0 Å². The zero-order valence-electron chi connectivity index (χ0n) is 13.1. The number of hydrogen-bond acceptors (Lipinski definition) is 2. The van der Waals surface area contributed by atoms with Crippen molar-refractivity contribution in [2.45, 2.75) is 40.2 Å². The Hall–Kier alpha value is -1.35. The van der Waals surface area contributed by atoms with Crippen LogP contribution < -0.4 is 11.3 Å². The Morgan fingerprint density at radius 3 is 2.29 bits per heavy atom. The number of halogens is 1. The lowest BCUT2D eigenvalue weighted by atomic mass is 9.90. The van der Waals surface area contributed by atoms with E-state index < -0.39 is 0 Å². The molecule has 2 nitrogen and oxygen atoms in total. The van der Waals surface area contributed by atoms with Crippen LogP contribution >= 0.6 is 11.6 Å². The van der Waals surface area contributed by atoms with Crippen molar-refractivity contribution in [1.29, 1.82) is 0 Å². The van der Waals surface area contributed by atoms with Crippen molar-refractivity contribution in [3.05, 3.63) is 68.7 Å². The minimum absolute atomic E-state index is 0.0591. The van der Waals surface area contributed by atoms with E-state index in [-0.39, 0.29) is 6.04 Å². The van der Waals surface area contributed by atoms with Crippen LogP contribution in [0.4, 0.5) is 0 Å². The summed E-state index contributed by atoms with van der Waals surface area (Å²) in [6, 6.07) is 10.5.